The maximum Gasteiger partial charge on any atom is 0.264 e. The Morgan fingerprint density at radius 2 is 1.59 bits per heavy atom. The van der Waals surface area contributed by atoms with E-state index < -0.39 is 34.1 Å². The number of sulfonamides is 1. The Bertz CT molecular complexity index is 1500. The Labute approximate surface area is 249 Å². The number of carbonyl (C=O) groups is 2. The van der Waals surface area contributed by atoms with E-state index in [4.69, 9.17) is 11.6 Å². The Hall–Kier alpha value is -3.36. The van der Waals surface area contributed by atoms with Crippen LogP contribution in [0.25, 0.3) is 0 Å². The van der Waals surface area contributed by atoms with E-state index in [1.54, 1.807) is 37.3 Å². The van der Waals surface area contributed by atoms with Crippen molar-refractivity contribution >= 4 is 39.1 Å². The summed E-state index contributed by atoms with van der Waals surface area (Å²) in [4.78, 5) is 29.2. The van der Waals surface area contributed by atoms with Gasteiger partial charge < -0.3 is 10.2 Å². The third kappa shape index (κ3) is 8.33. The average Bonchev–Trinajstić information content (AvgIpc) is 2.87. The summed E-state index contributed by atoms with van der Waals surface area (Å²) < 4.78 is 29.2. The van der Waals surface area contributed by atoms with Crippen LogP contribution in [0.15, 0.2) is 71.6 Å². The van der Waals surface area contributed by atoms with Crippen molar-refractivity contribution in [1.82, 2.24) is 10.2 Å². The fraction of sp³-hybridized carbons (Fsp3) is 0.375. The smallest absolute Gasteiger partial charge is 0.264 e. The van der Waals surface area contributed by atoms with Crippen LogP contribution in [0.1, 0.15) is 56.4 Å². The van der Waals surface area contributed by atoms with Gasteiger partial charge in [-0.25, -0.2) is 8.42 Å². The molecule has 0 aliphatic rings. The molecule has 9 heteroatoms. The molecule has 2 amide bonds. The molecular weight excluding hydrogens is 558 g/mol. The topological polar surface area (TPSA) is 86.8 Å². The van der Waals surface area contributed by atoms with Crippen molar-refractivity contribution in [3.63, 3.8) is 0 Å². The van der Waals surface area contributed by atoms with Gasteiger partial charge in [0.2, 0.25) is 11.8 Å². The third-order valence-corrected chi connectivity index (χ3v) is 8.66. The standard InChI is InChI=1S/C32H40ClN3O4S/c1-8-28(31(38)34-32(5,6)7)35(20-25-11-9-10-23(3)18-25)30(37)21-36(29-19-26(33)15-14-24(29)4)41(39,40)27-16-12-22(2)13-17-27/h9-19,28H,8,20-21H2,1-7H3,(H,34,38)/t28-/m1/s1. The lowest BCUT2D eigenvalue weighted by molar-refractivity contribution is -0.141. The molecule has 0 heterocycles. The summed E-state index contributed by atoms with van der Waals surface area (Å²) >= 11 is 6.31. The molecule has 0 aromatic heterocycles. The van der Waals surface area contributed by atoms with Crippen molar-refractivity contribution in [3.05, 3.63) is 94.0 Å². The van der Waals surface area contributed by atoms with Crippen LogP contribution in [0.4, 0.5) is 5.69 Å². The van der Waals surface area contributed by atoms with Crippen LogP contribution in [-0.4, -0.2) is 43.3 Å². The average molecular weight is 598 g/mol. The van der Waals surface area contributed by atoms with Crippen molar-refractivity contribution in [2.45, 2.75) is 77.9 Å². The number of amides is 2. The summed E-state index contributed by atoms with van der Waals surface area (Å²) in [5.41, 5.74) is 3.19. The number of nitrogens with zero attached hydrogens (tertiary/aromatic N) is 2. The fourth-order valence-corrected chi connectivity index (χ4v) is 6.22. The van der Waals surface area contributed by atoms with E-state index in [2.05, 4.69) is 5.32 Å². The maximum absolute atomic E-state index is 14.2. The molecule has 0 unspecified atom stereocenters. The highest BCUT2D eigenvalue weighted by Gasteiger charge is 2.35. The van der Waals surface area contributed by atoms with E-state index in [9.17, 15) is 18.0 Å². The SMILES string of the molecule is CC[C@H](C(=O)NC(C)(C)C)N(Cc1cccc(C)c1)C(=O)CN(c1cc(Cl)ccc1C)S(=O)(=O)c1ccc(C)cc1. The van der Waals surface area contributed by atoms with E-state index in [0.717, 1.165) is 21.0 Å². The van der Waals surface area contributed by atoms with Crippen molar-refractivity contribution in [2.75, 3.05) is 10.8 Å². The molecule has 41 heavy (non-hydrogen) atoms. The predicted octanol–water partition coefficient (Wildman–Crippen LogP) is 6.18. The molecule has 0 spiro atoms. The lowest BCUT2D eigenvalue weighted by atomic mass is 10.0. The van der Waals surface area contributed by atoms with E-state index in [1.165, 1.54) is 17.0 Å². The molecule has 3 rings (SSSR count). The minimum atomic E-state index is -4.17. The minimum Gasteiger partial charge on any atom is -0.350 e. The molecule has 7 nitrogen and oxygen atoms in total. The highest BCUT2D eigenvalue weighted by atomic mass is 35.5. The second kappa shape index (κ2) is 13.1. The van der Waals surface area contributed by atoms with Crippen LogP contribution in [0.5, 0.6) is 0 Å². The molecular formula is C32H40ClN3O4S. The molecule has 0 aliphatic heterocycles. The summed E-state index contributed by atoms with van der Waals surface area (Å²) in [6.07, 6.45) is 0.348. The lowest BCUT2D eigenvalue weighted by Gasteiger charge is -2.35. The minimum absolute atomic E-state index is 0.0537. The molecule has 0 saturated carbocycles. The molecule has 3 aromatic rings. The number of hydrogen-bond acceptors (Lipinski definition) is 4. The van der Waals surface area contributed by atoms with Gasteiger partial charge in [-0.1, -0.05) is 72.1 Å². The zero-order valence-electron chi connectivity index (χ0n) is 24.9. The Morgan fingerprint density at radius 3 is 2.17 bits per heavy atom. The molecule has 0 bridgehead atoms. The highest BCUT2D eigenvalue weighted by Crippen LogP contribution is 2.30. The lowest BCUT2D eigenvalue weighted by Crippen LogP contribution is -2.55. The quantitative estimate of drug-likeness (QED) is 0.302. The van der Waals surface area contributed by atoms with E-state index in [0.29, 0.717) is 22.7 Å². The van der Waals surface area contributed by atoms with Gasteiger partial charge in [-0.2, -0.15) is 0 Å². The van der Waals surface area contributed by atoms with Crippen molar-refractivity contribution < 1.29 is 18.0 Å². The van der Waals surface area contributed by atoms with Crippen molar-refractivity contribution in [2.24, 2.45) is 0 Å². The zero-order valence-corrected chi connectivity index (χ0v) is 26.4. The monoisotopic (exact) mass is 597 g/mol. The second-order valence-corrected chi connectivity index (χ2v) is 13.7. The molecule has 0 radical (unpaired) electrons. The van der Waals surface area contributed by atoms with Gasteiger partial charge in [-0.05, 0) is 83.4 Å². The summed E-state index contributed by atoms with van der Waals surface area (Å²) in [6, 6.07) is 18.3. The summed E-state index contributed by atoms with van der Waals surface area (Å²) in [5, 5.41) is 3.33. The van der Waals surface area contributed by atoms with E-state index in [1.807, 2.05) is 65.8 Å². The molecule has 0 aliphatic carbocycles. The van der Waals surface area contributed by atoms with E-state index in [-0.39, 0.29) is 17.3 Å². The first kappa shape index (κ1) is 32.2. The number of halogens is 1. The first-order valence-corrected chi connectivity index (χ1v) is 15.5. The number of aryl methyl sites for hydroxylation is 3. The van der Waals surface area contributed by atoms with Crippen LogP contribution in [0.3, 0.4) is 0 Å². The van der Waals surface area contributed by atoms with Gasteiger partial charge in [-0.15, -0.1) is 0 Å². The Kier molecular flexibility index (Phi) is 10.3. The highest BCUT2D eigenvalue weighted by molar-refractivity contribution is 7.92. The summed E-state index contributed by atoms with van der Waals surface area (Å²) in [5.74, 6) is -0.801. The number of benzene rings is 3. The van der Waals surface area contributed by atoms with Gasteiger partial charge in [0.05, 0.1) is 10.6 Å². The summed E-state index contributed by atoms with van der Waals surface area (Å²) in [6.45, 7) is 12.7. The number of hydrogen-bond donors (Lipinski definition) is 1. The normalized spacial score (nSPS) is 12.5. The van der Waals surface area contributed by atoms with Crippen LogP contribution in [0, 0.1) is 20.8 Å². The largest absolute Gasteiger partial charge is 0.350 e. The molecule has 0 saturated heterocycles. The van der Waals surface area contributed by atoms with Gasteiger partial charge >= 0.3 is 0 Å². The number of anilines is 1. The van der Waals surface area contributed by atoms with Gasteiger partial charge in [-0.3, -0.25) is 13.9 Å². The van der Waals surface area contributed by atoms with Crippen LogP contribution in [0.2, 0.25) is 5.02 Å². The van der Waals surface area contributed by atoms with Gasteiger partial charge in [0, 0.05) is 17.1 Å². The Morgan fingerprint density at radius 1 is 0.927 bits per heavy atom. The third-order valence-electron chi connectivity index (χ3n) is 6.65. The number of nitrogens with one attached hydrogen (secondary N) is 1. The number of rotatable bonds is 10. The van der Waals surface area contributed by atoms with Crippen molar-refractivity contribution in [3.8, 4) is 0 Å². The predicted molar refractivity (Wildman–Crippen MR) is 166 cm³/mol. The van der Waals surface area contributed by atoms with Crippen LogP contribution < -0.4 is 9.62 Å². The first-order chi connectivity index (χ1) is 19.1. The molecule has 1 atom stereocenters. The first-order valence-electron chi connectivity index (χ1n) is 13.6. The van der Waals surface area contributed by atoms with Crippen LogP contribution >= 0.6 is 11.6 Å². The number of carbonyl (C=O) groups excluding carboxylic acids is 2. The molecule has 1 N–H and O–H groups in total. The van der Waals surface area contributed by atoms with Gasteiger partial charge in [0.1, 0.15) is 12.6 Å². The maximum atomic E-state index is 14.2. The Balaban J connectivity index is 2.12. The van der Waals surface area contributed by atoms with Crippen LogP contribution in [-0.2, 0) is 26.2 Å². The van der Waals surface area contributed by atoms with Gasteiger partial charge in [0.15, 0.2) is 0 Å². The van der Waals surface area contributed by atoms with Crippen molar-refractivity contribution in [1.29, 1.82) is 0 Å². The zero-order chi connectivity index (χ0) is 30.5. The summed E-state index contributed by atoms with van der Waals surface area (Å²) in [7, 11) is -4.17. The molecule has 3 aromatic carbocycles. The fourth-order valence-electron chi connectivity index (χ4n) is 4.58. The van der Waals surface area contributed by atoms with Gasteiger partial charge in [0.25, 0.3) is 10.0 Å². The molecule has 220 valence electrons. The van der Waals surface area contributed by atoms with E-state index >= 15 is 0 Å². The second-order valence-electron chi connectivity index (χ2n) is 11.4. The molecule has 0 fully saturated rings.